The molecule has 0 atom stereocenters. The van der Waals surface area contributed by atoms with Gasteiger partial charge in [-0.15, -0.1) is 0 Å². The van der Waals surface area contributed by atoms with Crippen LogP contribution in [-0.4, -0.2) is 23.1 Å². The topological polar surface area (TPSA) is 37.8 Å². The molecule has 0 amide bonds. The summed E-state index contributed by atoms with van der Waals surface area (Å²) in [5, 5.41) is 3.40. The molecule has 3 nitrogen and oxygen atoms in total. The van der Waals surface area contributed by atoms with Crippen LogP contribution >= 0.6 is 0 Å². The number of nitrogens with one attached hydrogen (secondary N) is 1. The van der Waals surface area contributed by atoms with Crippen molar-refractivity contribution in [1.82, 2.24) is 15.3 Å². The first kappa shape index (κ1) is 12.5. The largest absolute Gasteiger partial charge is 0.317 e. The average Bonchev–Trinajstić information content (AvgIpc) is 2.29. The number of nitrogens with zero attached hydrogens (tertiary/aromatic N) is 2. The van der Waals surface area contributed by atoms with E-state index in [1.54, 1.807) is 0 Å². The van der Waals surface area contributed by atoms with E-state index < -0.39 is 0 Å². The van der Waals surface area contributed by atoms with Crippen molar-refractivity contribution in [3.05, 3.63) is 23.3 Å². The third kappa shape index (κ3) is 3.50. The summed E-state index contributed by atoms with van der Waals surface area (Å²) < 4.78 is 0. The SMILES string of the molecule is Cc1cc(C(C)C)nc(CC2CCNCC2)n1. The molecule has 0 spiro atoms. The van der Waals surface area contributed by atoms with Crippen molar-refractivity contribution >= 4 is 0 Å². The maximum Gasteiger partial charge on any atom is 0.129 e. The number of aryl methyl sites for hydroxylation is 1. The van der Waals surface area contributed by atoms with E-state index in [1.165, 1.54) is 18.5 Å². The number of aromatic nitrogens is 2. The minimum atomic E-state index is 0.489. The lowest BCUT2D eigenvalue weighted by atomic mass is 9.94. The van der Waals surface area contributed by atoms with Crippen LogP contribution in [0.1, 0.15) is 49.8 Å². The molecule has 1 aromatic rings. The average molecular weight is 233 g/mol. The highest BCUT2D eigenvalue weighted by Gasteiger charge is 2.15. The molecule has 3 heteroatoms. The number of hydrogen-bond donors (Lipinski definition) is 1. The van der Waals surface area contributed by atoms with Gasteiger partial charge in [0.25, 0.3) is 0 Å². The van der Waals surface area contributed by atoms with Gasteiger partial charge in [-0.25, -0.2) is 9.97 Å². The Labute approximate surface area is 104 Å². The van der Waals surface area contributed by atoms with Gasteiger partial charge in [0.15, 0.2) is 0 Å². The molecule has 0 unspecified atom stereocenters. The van der Waals surface area contributed by atoms with Crippen molar-refractivity contribution in [2.75, 3.05) is 13.1 Å². The predicted octanol–water partition coefficient (Wildman–Crippen LogP) is 2.45. The zero-order chi connectivity index (χ0) is 12.3. The summed E-state index contributed by atoms with van der Waals surface area (Å²) in [6, 6.07) is 2.11. The van der Waals surface area contributed by atoms with Crippen LogP contribution in [0, 0.1) is 12.8 Å². The molecular formula is C14H23N3. The van der Waals surface area contributed by atoms with Gasteiger partial charge in [-0.05, 0) is 50.8 Å². The quantitative estimate of drug-likeness (QED) is 0.871. The summed E-state index contributed by atoms with van der Waals surface area (Å²) in [5.74, 6) is 2.29. The molecule has 1 aromatic heterocycles. The van der Waals surface area contributed by atoms with Crippen LogP contribution < -0.4 is 5.32 Å². The third-order valence-corrected chi connectivity index (χ3v) is 3.44. The molecule has 1 N–H and O–H groups in total. The van der Waals surface area contributed by atoms with Crippen molar-refractivity contribution in [1.29, 1.82) is 0 Å². The molecule has 94 valence electrons. The van der Waals surface area contributed by atoms with E-state index in [-0.39, 0.29) is 0 Å². The van der Waals surface area contributed by atoms with E-state index in [1.807, 2.05) is 0 Å². The van der Waals surface area contributed by atoms with Gasteiger partial charge in [0.1, 0.15) is 5.82 Å². The van der Waals surface area contributed by atoms with E-state index in [2.05, 4.69) is 37.1 Å². The second-order valence-electron chi connectivity index (χ2n) is 5.40. The second kappa shape index (κ2) is 5.58. The van der Waals surface area contributed by atoms with Gasteiger partial charge in [0.05, 0.1) is 0 Å². The van der Waals surface area contributed by atoms with Crippen LogP contribution in [-0.2, 0) is 6.42 Å². The third-order valence-electron chi connectivity index (χ3n) is 3.44. The Morgan fingerprint density at radius 3 is 2.65 bits per heavy atom. The molecule has 1 aliphatic rings. The van der Waals surface area contributed by atoms with Crippen molar-refractivity contribution in [3.63, 3.8) is 0 Å². The Bertz CT molecular complexity index is 368. The highest BCUT2D eigenvalue weighted by molar-refractivity contribution is 5.13. The standard InChI is InChI=1S/C14H23N3/c1-10(2)13-8-11(3)16-14(17-13)9-12-4-6-15-7-5-12/h8,10,12,15H,4-7,9H2,1-3H3. The monoisotopic (exact) mass is 233 g/mol. The molecule has 0 bridgehead atoms. The molecule has 0 aromatic carbocycles. The summed E-state index contributed by atoms with van der Waals surface area (Å²) in [6.45, 7) is 8.74. The molecule has 0 aliphatic carbocycles. The summed E-state index contributed by atoms with van der Waals surface area (Å²) in [5.41, 5.74) is 2.29. The van der Waals surface area contributed by atoms with Crippen molar-refractivity contribution in [2.24, 2.45) is 5.92 Å². The van der Waals surface area contributed by atoms with Crippen LogP contribution in [0.3, 0.4) is 0 Å². The van der Waals surface area contributed by atoms with Gasteiger partial charge in [-0.1, -0.05) is 13.8 Å². The lowest BCUT2D eigenvalue weighted by molar-refractivity contribution is 0.366. The number of piperidine rings is 1. The number of hydrogen-bond acceptors (Lipinski definition) is 3. The van der Waals surface area contributed by atoms with Crippen LogP contribution in [0.4, 0.5) is 0 Å². The van der Waals surface area contributed by atoms with E-state index in [0.29, 0.717) is 5.92 Å². The van der Waals surface area contributed by atoms with Crippen molar-refractivity contribution in [3.8, 4) is 0 Å². The van der Waals surface area contributed by atoms with E-state index in [0.717, 1.165) is 36.9 Å². The van der Waals surface area contributed by atoms with Crippen molar-refractivity contribution in [2.45, 2.75) is 46.0 Å². The maximum absolute atomic E-state index is 4.70. The summed E-state index contributed by atoms with van der Waals surface area (Å²) >= 11 is 0. The summed E-state index contributed by atoms with van der Waals surface area (Å²) in [4.78, 5) is 9.27. The molecule has 0 saturated carbocycles. The van der Waals surface area contributed by atoms with Crippen molar-refractivity contribution < 1.29 is 0 Å². The van der Waals surface area contributed by atoms with Crippen LogP contribution in [0.15, 0.2) is 6.07 Å². The Balaban J connectivity index is 2.09. The van der Waals surface area contributed by atoms with E-state index in [4.69, 9.17) is 4.98 Å². The van der Waals surface area contributed by atoms with Gasteiger partial charge in [0, 0.05) is 17.8 Å². The molecule has 0 radical (unpaired) electrons. The minimum absolute atomic E-state index is 0.489. The predicted molar refractivity (Wildman–Crippen MR) is 70.2 cm³/mol. The van der Waals surface area contributed by atoms with Gasteiger partial charge in [-0.2, -0.15) is 0 Å². The second-order valence-corrected chi connectivity index (χ2v) is 5.40. The first-order valence-corrected chi connectivity index (χ1v) is 6.70. The first-order valence-electron chi connectivity index (χ1n) is 6.70. The molecule has 17 heavy (non-hydrogen) atoms. The van der Waals surface area contributed by atoms with E-state index in [9.17, 15) is 0 Å². The smallest absolute Gasteiger partial charge is 0.129 e. The zero-order valence-corrected chi connectivity index (χ0v) is 11.2. The highest BCUT2D eigenvalue weighted by atomic mass is 14.9. The lowest BCUT2D eigenvalue weighted by Crippen LogP contribution is -2.29. The molecule has 2 rings (SSSR count). The Morgan fingerprint density at radius 2 is 2.00 bits per heavy atom. The number of rotatable bonds is 3. The fourth-order valence-corrected chi connectivity index (χ4v) is 2.39. The zero-order valence-electron chi connectivity index (χ0n) is 11.2. The van der Waals surface area contributed by atoms with Crippen LogP contribution in [0.5, 0.6) is 0 Å². The Morgan fingerprint density at radius 1 is 1.29 bits per heavy atom. The van der Waals surface area contributed by atoms with Gasteiger partial charge in [-0.3, -0.25) is 0 Å². The maximum atomic E-state index is 4.70. The molecule has 1 saturated heterocycles. The first-order chi connectivity index (χ1) is 8.15. The summed E-state index contributed by atoms with van der Waals surface area (Å²) in [6.07, 6.45) is 3.56. The fraction of sp³-hybridized carbons (Fsp3) is 0.714. The lowest BCUT2D eigenvalue weighted by Gasteiger charge is -2.22. The molecular weight excluding hydrogens is 210 g/mol. The normalized spacial score (nSPS) is 17.6. The molecule has 1 aliphatic heterocycles. The summed E-state index contributed by atoms with van der Waals surface area (Å²) in [7, 11) is 0. The Hall–Kier alpha value is -0.960. The molecule has 1 fully saturated rings. The molecule has 2 heterocycles. The Kier molecular flexibility index (Phi) is 4.11. The van der Waals surface area contributed by atoms with Gasteiger partial charge in [0.2, 0.25) is 0 Å². The van der Waals surface area contributed by atoms with Gasteiger partial charge >= 0.3 is 0 Å². The van der Waals surface area contributed by atoms with Gasteiger partial charge < -0.3 is 5.32 Å². The van der Waals surface area contributed by atoms with E-state index >= 15 is 0 Å². The highest BCUT2D eigenvalue weighted by Crippen LogP contribution is 2.18. The minimum Gasteiger partial charge on any atom is -0.317 e. The fourth-order valence-electron chi connectivity index (χ4n) is 2.39. The van der Waals surface area contributed by atoms with Crippen LogP contribution in [0.2, 0.25) is 0 Å². The van der Waals surface area contributed by atoms with Crippen LogP contribution in [0.25, 0.3) is 0 Å².